The molecule has 0 aromatic carbocycles. The van der Waals surface area contributed by atoms with Crippen molar-refractivity contribution in [2.24, 2.45) is 0 Å². The molecule has 2 aliphatic rings. The molecule has 3 aromatic heterocycles. The lowest BCUT2D eigenvalue weighted by Crippen LogP contribution is -2.59. The van der Waals surface area contributed by atoms with Gasteiger partial charge in [-0.3, -0.25) is 0 Å². The summed E-state index contributed by atoms with van der Waals surface area (Å²) in [5, 5.41) is 12.4. The summed E-state index contributed by atoms with van der Waals surface area (Å²) in [6, 6.07) is 6.52. The highest BCUT2D eigenvalue weighted by molar-refractivity contribution is 5.50. The summed E-state index contributed by atoms with van der Waals surface area (Å²) in [5.74, 6) is 2.62. The second kappa shape index (κ2) is 5.12. The number of nitrogens with zero attached hydrogens (tertiary/aromatic N) is 8. The van der Waals surface area contributed by atoms with Gasteiger partial charge in [-0.1, -0.05) is 0 Å². The first-order valence-corrected chi connectivity index (χ1v) is 8.25. The van der Waals surface area contributed by atoms with Gasteiger partial charge in [0, 0.05) is 37.8 Å². The molecular weight excluding hydrogens is 304 g/mol. The van der Waals surface area contributed by atoms with E-state index in [0.717, 1.165) is 30.4 Å². The van der Waals surface area contributed by atoms with E-state index in [0.29, 0.717) is 12.0 Å². The minimum Gasteiger partial charge on any atom is -0.353 e. The van der Waals surface area contributed by atoms with E-state index >= 15 is 0 Å². The fraction of sp³-hybridized carbons (Fsp3) is 0.438. The summed E-state index contributed by atoms with van der Waals surface area (Å²) in [6.45, 7) is 1.86. The molecule has 0 atom stereocenters. The predicted molar refractivity (Wildman–Crippen MR) is 89.2 cm³/mol. The van der Waals surface area contributed by atoms with Crippen molar-refractivity contribution in [3.05, 3.63) is 36.5 Å². The highest BCUT2D eigenvalue weighted by atomic mass is 15.4. The number of rotatable bonds is 4. The van der Waals surface area contributed by atoms with Crippen molar-refractivity contribution in [2.45, 2.75) is 24.8 Å². The zero-order chi connectivity index (χ0) is 16.1. The Balaban J connectivity index is 1.29. The fourth-order valence-electron chi connectivity index (χ4n) is 3.12. The smallest absolute Gasteiger partial charge is 0.177 e. The third kappa shape index (κ3) is 2.26. The van der Waals surface area contributed by atoms with Crippen molar-refractivity contribution in [1.82, 2.24) is 29.8 Å². The van der Waals surface area contributed by atoms with E-state index in [4.69, 9.17) is 0 Å². The Morgan fingerprint density at radius 3 is 2.88 bits per heavy atom. The van der Waals surface area contributed by atoms with Crippen molar-refractivity contribution in [3.8, 4) is 0 Å². The van der Waals surface area contributed by atoms with Crippen molar-refractivity contribution >= 4 is 17.3 Å². The SMILES string of the molecule is CN(c1cc(C2CC2)ncn1)C1CN(c2ccc3nncn3n2)C1. The normalized spacial score (nSPS) is 18.0. The molecule has 1 saturated carbocycles. The van der Waals surface area contributed by atoms with Crippen LogP contribution in [0.25, 0.3) is 5.65 Å². The van der Waals surface area contributed by atoms with Crippen LogP contribution in [0.1, 0.15) is 24.5 Å². The van der Waals surface area contributed by atoms with E-state index < -0.39 is 0 Å². The summed E-state index contributed by atoms with van der Waals surface area (Å²) in [7, 11) is 2.11. The van der Waals surface area contributed by atoms with Crippen LogP contribution in [0.4, 0.5) is 11.6 Å². The van der Waals surface area contributed by atoms with Crippen LogP contribution >= 0.6 is 0 Å². The number of fused-ring (bicyclic) bond motifs is 1. The van der Waals surface area contributed by atoms with Gasteiger partial charge in [0.25, 0.3) is 0 Å². The van der Waals surface area contributed by atoms with E-state index in [9.17, 15) is 0 Å². The quantitative estimate of drug-likeness (QED) is 0.712. The van der Waals surface area contributed by atoms with Gasteiger partial charge in [0.1, 0.15) is 24.3 Å². The first kappa shape index (κ1) is 13.6. The van der Waals surface area contributed by atoms with Crippen LogP contribution in [-0.2, 0) is 0 Å². The molecular formula is C16H18N8. The first-order valence-electron chi connectivity index (χ1n) is 8.25. The highest BCUT2D eigenvalue weighted by Crippen LogP contribution is 2.39. The van der Waals surface area contributed by atoms with Crippen molar-refractivity contribution in [2.75, 3.05) is 29.9 Å². The van der Waals surface area contributed by atoms with Gasteiger partial charge in [-0.15, -0.1) is 15.3 Å². The number of hydrogen-bond donors (Lipinski definition) is 0. The maximum Gasteiger partial charge on any atom is 0.177 e. The maximum atomic E-state index is 4.54. The van der Waals surface area contributed by atoms with Gasteiger partial charge in [-0.2, -0.15) is 4.52 Å². The van der Waals surface area contributed by atoms with Gasteiger partial charge in [0.15, 0.2) is 5.65 Å². The van der Waals surface area contributed by atoms with E-state index in [2.05, 4.69) is 48.2 Å². The zero-order valence-corrected chi connectivity index (χ0v) is 13.4. The highest BCUT2D eigenvalue weighted by Gasteiger charge is 2.33. The van der Waals surface area contributed by atoms with Crippen LogP contribution in [0.15, 0.2) is 30.9 Å². The molecule has 24 heavy (non-hydrogen) atoms. The van der Waals surface area contributed by atoms with Gasteiger partial charge in [-0.25, -0.2) is 9.97 Å². The summed E-state index contributed by atoms with van der Waals surface area (Å²) in [6.07, 6.45) is 5.84. The average Bonchev–Trinajstić information content (AvgIpc) is 3.32. The van der Waals surface area contributed by atoms with Crippen LogP contribution < -0.4 is 9.80 Å². The second-order valence-corrected chi connectivity index (χ2v) is 6.57. The minimum atomic E-state index is 0.436. The zero-order valence-electron chi connectivity index (χ0n) is 13.4. The molecule has 0 N–H and O–H groups in total. The Morgan fingerprint density at radius 2 is 2.04 bits per heavy atom. The Labute approximate surface area is 139 Å². The largest absolute Gasteiger partial charge is 0.353 e. The number of aromatic nitrogens is 6. The van der Waals surface area contributed by atoms with Crippen LogP contribution in [0, 0.1) is 0 Å². The van der Waals surface area contributed by atoms with Gasteiger partial charge in [-0.05, 0) is 25.0 Å². The van der Waals surface area contributed by atoms with E-state index in [-0.39, 0.29) is 0 Å². The molecule has 0 radical (unpaired) electrons. The summed E-state index contributed by atoms with van der Waals surface area (Å²) in [5.41, 5.74) is 1.95. The lowest BCUT2D eigenvalue weighted by atomic mass is 10.1. The Kier molecular flexibility index (Phi) is 2.91. The topological polar surface area (TPSA) is 75.3 Å². The van der Waals surface area contributed by atoms with Gasteiger partial charge in [0.2, 0.25) is 0 Å². The lowest BCUT2D eigenvalue weighted by Gasteiger charge is -2.44. The second-order valence-electron chi connectivity index (χ2n) is 6.57. The van der Waals surface area contributed by atoms with Crippen LogP contribution in [0.2, 0.25) is 0 Å². The number of anilines is 2. The number of hydrogen-bond acceptors (Lipinski definition) is 7. The van der Waals surface area contributed by atoms with Crippen LogP contribution in [0.3, 0.4) is 0 Å². The molecule has 8 heteroatoms. The summed E-state index contributed by atoms with van der Waals surface area (Å²) < 4.78 is 1.71. The molecule has 0 bridgehead atoms. The Bertz CT molecular complexity index is 880. The van der Waals surface area contributed by atoms with E-state index in [1.807, 2.05) is 12.1 Å². The van der Waals surface area contributed by atoms with Crippen molar-refractivity contribution < 1.29 is 0 Å². The molecule has 1 saturated heterocycles. The van der Waals surface area contributed by atoms with Gasteiger partial charge < -0.3 is 9.80 Å². The molecule has 8 nitrogen and oxygen atoms in total. The maximum absolute atomic E-state index is 4.54. The third-order valence-corrected chi connectivity index (χ3v) is 4.91. The van der Waals surface area contributed by atoms with Crippen LogP contribution in [-0.4, -0.2) is 56.0 Å². The Hall–Kier alpha value is -2.77. The molecule has 5 rings (SSSR count). The predicted octanol–water partition coefficient (Wildman–Crippen LogP) is 1.12. The van der Waals surface area contributed by atoms with Crippen LogP contribution in [0.5, 0.6) is 0 Å². The first-order chi connectivity index (χ1) is 11.8. The monoisotopic (exact) mass is 322 g/mol. The summed E-state index contributed by atoms with van der Waals surface area (Å²) >= 11 is 0. The summed E-state index contributed by atoms with van der Waals surface area (Å²) in [4.78, 5) is 13.3. The van der Waals surface area contributed by atoms with E-state index in [1.54, 1.807) is 17.2 Å². The average molecular weight is 322 g/mol. The van der Waals surface area contributed by atoms with E-state index in [1.165, 1.54) is 18.5 Å². The molecule has 0 unspecified atom stereocenters. The molecule has 4 heterocycles. The fourth-order valence-corrected chi connectivity index (χ4v) is 3.12. The molecule has 2 fully saturated rings. The van der Waals surface area contributed by atoms with Crippen molar-refractivity contribution in [3.63, 3.8) is 0 Å². The standard InChI is InChI=1S/C16H18N8/c1-22(16-6-13(11-2-3-11)17-9-18-16)12-7-23(8-12)15-5-4-14-20-19-10-24(14)21-15/h4-6,9-12H,2-3,7-8H2,1H3. The van der Waals surface area contributed by atoms with Crippen molar-refractivity contribution in [1.29, 1.82) is 0 Å². The molecule has 1 aliphatic heterocycles. The lowest BCUT2D eigenvalue weighted by molar-refractivity contribution is 0.486. The van der Waals surface area contributed by atoms with Gasteiger partial charge in [0.05, 0.1) is 6.04 Å². The molecule has 0 amide bonds. The molecule has 1 aliphatic carbocycles. The molecule has 0 spiro atoms. The molecule has 3 aromatic rings. The van der Waals surface area contributed by atoms with Gasteiger partial charge >= 0.3 is 0 Å². The Morgan fingerprint density at radius 1 is 1.17 bits per heavy atom. The minimum absolute atomic E-state index is 0.436. The third-order valence-electron chi connectivity index (χ3n) is 4.91. The molecule has 122 valence electrons. The number of likely N-dealkylation sites (N-methyl/N-ethyl adjacent to an activating group) is 1.